The first-order valence-electron chi connectivity index (χ1n) is 3.95. The van der Waals surface area contributed by atoms with Crippen molar-refractivity contribution in [2.75, 3.05) is 18.7 Å². The van der Waals surface area contributed by atoms with Gasteiger partial charge in [-0.15, -0.1) is 4.47 Å². The summed E-state index contributed by atoms with van der Waals surface area (Å²) in [6.07, 6.45) is 0. The van der Waals surface area contributed by atoms with Crippen LogP contribution < -0.4 is 9.21 Å². The summed E-state index contributed by atoms with van der Waals surface area (Å²) in [4.78, 5) is 4.56. The topological polar surface area (TPSA) is 76.1 Å². The monoisotopic (exact) mass is 233 g/mol. The smallest absolute Gasteiger partial charge is 0.382 e. The van der Waals surface area contributed by atoms with Crippen molar-refractivity contribution in [2.24, 2.45) is 0 Å². The molecule has 0 bridgehead atoms. The van der Waals surface area contributed by atoms with E-state index in [0.29, 0.717) is 4.47 Å². The molecule has 0 aliphatic rings. The maximum atomic E-state index is 10.9. The van der Waals surface area contributed by atoms with Gasteiger partial charge in [-0.1, -0.05) is 12.1 Å². The second kappa shape index (κ2) is 4.47. The summed E-state index contributed by atoms with van der Waals surface area (Å²) < 4.78 is 36.0. The Morgan fingerprint density at radius 2 is 1.87 bits per heavy atom. The molecular weight excluding hydrogens is 222 g/mol. The Labute approximate surface area is 87.9 Å². The summed E-state index contributed by atoms with van der Waals surface area (Å²) in [7, 11) is -1.96. The molecule has 1 rings (SSSR count). The Hall–Kier alpha value is -1.31. The van der Waals surface area contributed by atoms with Crippen molar-refractivity contribution in [1.29, 1.82) is 0 Å². The standard InChI is InChI=1S/C8H11NO5S/c1-13-8-6-4-3-5-7(8)9(14-2)15(10,11)12/h3-6H,1-2H3,(H,10,11,12). The first kappa shape index (κ1) is 11.8. The second-order valence-corrected chi connectivity index (χ2v) is 3.79. The van der Waals surface area contributed by atoms with Gasteiger partial charge in [-0.05, 0) is 12.1 Å². The van der Waals surface area contributed by atoms with E-state index in [1.807, 2.05) is 0 Å². The van der Waals surface area contributed by atoms with E-state index in [1.54, 1.807) is 18.2 Å². The molecule has 84 valence electrons. The van der Waals surface area contributed by atoms with Crippen molar-refractivity contribution in [3.63, 3.8) is 0 Å². The van der Waals surface area contributed by atoms with Gasteiger partial charge in [-0.3, -0.25) is 9.39 Å². The molecule has 0 aliphatic heterocycles. The third kappa shape index (κ3) is 2.58. The second-order valence-electron chi connectivity index (χ2n) is 2.56. The van der Waals surface area contributed by atoms with E-state index in [9.17, 15) is 8.42 Å². The molecule has 0 aliphatic carbocycles. The SMILES string of the molecule is COc1ccccc1N(OC)S(=O)(=O)O. The van der Waals surface area contributed by atoms with Crippen molar-refractivity contribution >= 4 is 16.0 Å². The van der Waals surface area contributed by atoms with Gasteiger partial charge in [-0.25, -0.2) is 0 Å². The van der Waals surface area contributed by atoms with Crippen molar-refractivity contribution in [3.05, 3.63) is 24.3 Å². The largest absolute Gasteiger partial charge is 0.494 e. The fourth-order valence-corrected chi connectivity index (χ4v) is 1.69. The van der Waals surface area contributed by atoms with Crippen LogP contribution in [0.2, 0.25) is 0 Å². The molecule has 0 radical (unpaired) electrons. The molecule has 15 heavy (non-hydrogen) atoms. The molecule has 1 aromatic rings. The zero-order chi connectivity index (χ0) is 11.5. The van der Waals surface area contributed by atoms with Crippen LogP contribution in [0.15, 0.2) is 24.3 Å². The molecule has 0 saturated heterocycles. The first-order chi connectivity index (χ1) is 7.00. The molecule has 6 nitrogen and oxygen atoms in total. The summed E-state index contributed by atoms with van der Waals surface area (Å²) in [5, 5.41) is 0. The molecule has 0 spiro atoms. The molecule has 0 heterocycles. The van der Waals surface area contributed by atoms with E-state index >= 15 is 0 Å². The van der Waals surface area contributed by atoms with Crippen LogP contribution in [0.25, 0.3) is 0 Å². The fourth-order valence-electron chi connectivity index (χ4n) is 1.10. The minimum atomic E-state index is -4.47. The quantitative estimate of drug-likeness (QED) is 0.616. The third-order valence-electron chi connectivity index (χ3n) is 1.66. The summed E-state index contributed by atoms with van der Waals surface area (Å²) in [5.41, 5.74) is 0.102. The van der Waals surface area contributed by atoms with E-state index in [2.05, 4.69) is 4.84 Å². The number of ether oxygens (including phenoxy) is 1. The molecule has 0 saturated carbocycles. The van der Waals surface area contributed by atoms with Gasteiger partial charge >= 0.3 is 10.3 Å². The van der Waals surface area contributed by atoms with Crippen LogP contribution in [0.5, 0.6) is 5.75 Å². The molecule has 1 N–H and O–H groups in total. The van der Waals surface area contributed by atoms with Crippen LogP contribution in [0.3, 0.4) is 0 Å². The van der Waals surface area contributed by atoms with Crippen LogP contribution >= 0.6 is 0 Å². The number of para-hydroxylation sites is 2. The Balaban J connectivity index is 3.24. The van der Waals surface area contributed by atoms with E-state index in [0.717, 1.165) is 7.11 Å². The minimum absolute atomic E-state index is 0.102. The van der Waals surface area contributed by atoms with Gasteiger partial charge in [0, 0.05) is 0 Å². The van der Waals surface area contributed by atoms with Crippen LogP contribution in [0, 0.1) is 0 Å². The molecule has 0 unspecified atom stereocenters. The van der Waals surface area contributed by atoms with Crippen LogP contribution in [0.1, 0.15) is 0 Å². The summed E-state index contributed by atoms with van der Waals surface area (Å²) in [6.45, 7) is 0. The van der Waals surface area contributed by atoms with E-state index in [-0.39, 0.29) is 11.4 Å². The van der Waals surface area contributed by atoms with Crippen molar-refractivity contribution in [3.8, 4) is 5.75 Å². The molecule has 0 fully saturated rings. The number of hydrogen-bond acceptors (Lipinski definition) is 4. The maximum absolute atomic E-state index is 10.9. The Morgan fingerprint density at radius 3 is 2.33 bits per heavy atom. The highest BCUT2D eigenvalue weighted by molar-refractivity contribution is 7.87. The van der Waals surface area contributed by atoms with E-state index in [1.165, 1.54) is 13.2 Å². The Kier molecular flexibility index (Phi) is 3.51. The van der Waals surface area contributed by atoms with Crippen LogP contribution in [-0.4, -0.2) is 27.2 Å². The molecule has 0 amide bonds. The van der Waals surface area contributed by atoms with E-state index in [4.69, 9.17) is 9.29 Å². The molecule has 7 heteroatoms. The molecule has 0 aromatic heterocycles. The highest BCUT2D eigenvalue weighted by atomic mass is 32.2. The lowest BCUT2D eigenvalue weighted by Gasteiger charge is -2.19. The Morgan fingerprint density at radius 1 is 1.27 bits per heavy atom. The minimum Gasteiger partial charge on any atom is -0.494 e. The van der Waals surface area contributed by atoms with Crippen molar-refractivity contribution in [1.82, 2.24) is 0 Å². The highest BCUT2D eigenvalue weighted by Crippen LogP contribution is 2.28. The predicted molar refractivity (Wildman–Crippen MR) is 54.0 cm³/mol. The fraction of sp³-hybridized carbons (Fsp3) is 0.250. The van der Waals surface area contributed by atoms with Crippen molar-refractivity contribution < 1.29 is 22.5 Å². The van der Waals surface area contributed by atoms with Gasteiger partial charge < -0.3 is 4.74 Å². The number of nitrogens with zero attached hydrogens (tertiary/aromatic N) is 1. The number of anilines is 1. The van der Waals surface area contributed by atoms with Gasteiger partial charge in [0.05, 0.1) is 14.2 Å². The lowest BCUT2D eigenvalue weighted by molar-refractivity contribution is 0.204. The first-order valence-corrected chi connectivity index (χ1v) is 5.35. The Bertz CT molecular complexity index is 430. The maximum Gasteiger partial charge on any atom is 0.382 e. The van der Waals surface area contributed by atoms with Crippen LogP contribution in [0.4, 0.5) is 5.69 Å². The van der Waals surface area contributed by atoms with Gasteiger partial charge in [0.1, 0.15) is 11.4 Å². The lowest BCUT2D eigenvalue weighted by atomic mass is 10.3. The number of methoxy groups -OCH3 is 1. The summed E-state index contributed by atoms with van der Waals surface area (Å²) in [5.74, 6) is 0.275. The third-order valence-corrected chi connectivity index (χ3v) is 2.42. The summed E-state index contributed by atoms with van der Waals surface area (Å²) in [6, 6.07) is 6.25. The average molecular weight is 233 g/mol. The van der Waals surface area contributed by atoms with Gasteiger partial charge in [-0.2, -0.15) is 8.42 Å². The molecule has 1 aromatic carbocycles. The predicted octanol–water partition coefficient (Wildman–Crippen LogP) is 0.866. The number of rotatable bonds is 4. The van der Waals surface area contributed by atoms with Crippen molar-refractivity contribution in [2.45, 2.75) is 0 Å². The molecule has 0 atom stereocenters. The van der Waals surface area contributed by atoms with Crippen LogP contribution in [-0.2, 0) is 15.1 Å². The zero-order valence-electron chi connectivity index (χ0n) is 8.25. The molecular formula is C8H11NO5S. The highest BCUT2D eigenvalue weighted by Gasteiger charge is 2.22. The average Bonchev–Trinajstić information content (AvgIpc) is 2.17. The van der Waals surface area contributed by atoms with Gasteiger partial charge in [0.25, 0.3) is 0 Å². The normalized spacial score (nSPS) is 11.1. The zero-order valence-corrected chi connectivity index (χ0v) is 9.06. The van der Waals surface area contributed by atoms with E-state index < -0.39 is 10.3 Å². The van der Waals surface area contributed by atoms with Gasteiger partial charge in [0.15, 0.2) is 0 Å². The van der Waals surface area contributed by atoms with Gasteiger partial charge in [0.2, 0.25) is 0 Å². The summed E-state index contributed by atoms with van der Waals surface area (Å²) >= 11 is 0. The number of benzene rings is 1. The number of hydrogen-bond donors (Lipinski definition) is 1. The lowest BCUT2D eigenvalue weighted by Crippen LogP contribution is -2.29.